The van der Waals surface area contributed by atoms with Crippen LogP contribution in [0.5, 0.6) is 5.75 Å². The normalized spacial score (nSPS) is 21.9. The quantitative estimate of drug-likeness (QED) is 0.877. The summed E-state index contributed by atoms with van der Waals surface area (Å²) in [6.45, 7) is 2.35. The maximum atomic E-state index is 12.2. The van der Waals surface area contributed by atoms with E-state index in [2.05, 4.69) is 0 Å². The van der Waals surface area contributed by atoms with Crippen LogP contribution in [0.25, 0.3) is 0 Å². The van der Waals surface area contributed by atoms with Crippen LogP contribution in [0, 0.1) is 5.92 Å². The first-order valence-corrected chi connectivity index (χ1v) is 6.80. The first kappa shape index (κ1) is 14.4. The van der Waals surface area contributed by atoms with E-state index in [4.69, 9.17) is 0 Å². The predicted octanol–water partition coefficient (Wildman–Crippen LogP) is 1.65. The Balaban J connectivity index is 1.99. The van der Waals surface area contributed by atoms with Crippen molar-refractivity contribution in [2.75, 3.05) is 6.54 Å². The Morgan fingerprint density at radius 1 is 1.35 bits per heavy atom. The molecule has 1 aliphatic heterocycles. The molecule has 2 unspecified atom stereocenters. The van der Waals surface area contributed by atoms with Crippen LogP contribution < -0.4 is 0 Å². The van der Waals surface area contributed by atoms with Gasteiger partial charge in [0.25, 0.3) is 0 Å². The van der Waals surface area contributed by atoms with Crippen LogP contribution in [-0.2, 0) is 16.0 Å². The molecule has 1 aliphatic rings. The molecular weight excluding hydrogens is 258 g/mol. The van der Waals surface area contributed by atoms with Gasteiger partial charge in [0, 0.05) is 13.0 Å². The number of hydrogen-bond acceptors (Lipinski definition) is 3. The van der Waals surface area contributed by atoms with Gasteiger partial charge in [-0.1, -0.05) is 25.1 Å². The summed E-state index contributed by atoms with van der Waals surface area (Å²) < 4.78 is 0. The molecule has 0 aliphatic carbocycles. The highest BCUT2D eigenvalue weighted by Gasteiger charge is 2.39. The fourth-order valence-electron chi connectivity index (χ4n) is 2.71. The third kappa shape index (κ3) is 2.92. The van der Waals surface area contributed by atoms with Crippen molar-refractivity contribution in [3.05, 3.63) is 29.8 Å². The Kier molecular flexibility index (Phi) is 4.27. The largest absolute Gasteiger partial charge is 0.508 e. The van der Waals surface area contributed by atoms with E-state index in [-0.39, 0.29) is 24.0 Å². The number of benzene rings is 1. The summed E-state index contributed by atoms with van der Waals surface area (Å²) in [5, 5.41) is 18.9. The number of likely N-dealkylation sites (tertiary alicyclic amines) is 1. The second kappa shape index (κ2) is 5.94. The zero-order valence-electron chi connectivity index (χ0n) is 11.5. The zero-order chi connectivity index (χ0) is 14.7. The van der Waals surface area contributed by atoms with E-state index in [1.807, 2.05) is 6.92 Å². The van der Waals surface area contributed by atoms with E-state index in [0.717, 1.165) is 6.42 Å². The van der Waals surface area contributed by atoms with Gasteiger partial charge >= 0.3 is 5.97 Å². The number of phenols is 1. The molecule has 5 heteroatoms. The highest BCUT2D eigenvalue weighted by Crippen LogP contribution is 2.25. The van der Waals surface area contributed by atoms with Gasteiger partial charge in [-0.2, -0.15) is 0 Å². The average molecular weight is 277 g/mol. The number of carboxylic acids is 1. The Bertz CT molecular complexity index is 514. The SMILES string of the molecule is CC1CCN(C(=O)CCc2ccccc2O)C1C(=O)O. The summed E-state index contributed by atoms with van der Waals surface area (Å²) in [6, 6.07) is 6.16. The lowest BCUT2D eigenvalue weighted by atomic mass is 10.0. The summed E-state index contributed by atoms with van der Waals surface area (Å²) in [6.07, 6.45) is 1.36. The van der Waals surface area contributed by atoms with E-state index < -0.39 is 12.0 Å². The second-order valence-corrected chi connectivity index (χ2v) is 5.26. The van der Waals surface area contributed by atoms with Gasteiger partial charge in [-0.3, -0.25) is 4.79 Å². The minimum absolute atomic E-state index is 0.0124. The van der Waals surface area contributed by atoms with E-state index in [9.17, 15) is 19.8 Å². The van der Waals surface area contributed by atoms with Gasteiger partial charge in [-0.25, -0.2) is 4.79 Å². The van der Waals surface area contributed by atoms with Gasteiger partial charge < -0.3 is 15.1 Å². The Morgan fingerprint density at radius 3 is 2.70 bits per heavy atom. The van der Waals surface area contributed by atoms with Gasteiger partial charge in [-0.05, 0) is 30.4 Å². The molecule has 0 radical (unpaired) electrons. The average Bonchev–Trinajstić information content (AvgIpc) is 2.79. The summed E-state index contributed by atoms with van der Waals surface area (Å²) in [7, 11) is 0. The first-order chi connectivity index (χ1) is 9.50. The number of para-hydroxylation sites is 1. The highest BCUT2D eigenvalue weighted by atomic mass is 16.4. The van der Waals surface area contributed by atoms with Crippen molar-refractivity contribution in [2.45, 2.75) is 32.2 Å². The van der Waals surface area contributed by atoms with E-state index in [0.29, 0.717) is 18.5 Å². The first-order valence-electron chi connectivity index (χ1n) is 6.80. The summed E-state index contributed by atoms with van der Waals surface area (Å²) >= 11 is 0. The third-order valence-corrected chi connectivity index (χ3v) is 3.87. The van der Waals surface area contributed by atoms with E-state index in [1.165, 1.54) is 4.90 Å². The number of phenolic OH excluding ortho intramolecular Hbond substituents is 1. The van der Waals surface area contributed by atoms with Crippen LogP contribution >= 0.6 is 0 Å². The molecular formula is C15H19NO4. The molecule has 0 aromatic heterocycles. The molecule has 2 N–H and O–H groups in total. The molecule has 1 saturated heterocycles. The number of hydrogen-bond donors (Lipinski definition) is 2. The van der Waals surface area contributed by atoms with Gasteiger partial charge in [-0.15, -0.1) is 0 Å². The van der Waals surface area contributed by atoms with Crippen LogP contribution in [0.3, 0.4) is 0 Å². The fraction of sp³-hybridized carbons (Fsp3) is 0.467. The van der Waals surface area contributed by atoms with Crippen molar-refractivity contribution in [1.29, 1.82) is 0 Å². The molecule has 0 saturated carbocycles. The minimum Gasteiger partial charge on any atom is -0.508 e. The smallest absolute Gasteiger partial charge is 0.326 e. The number of aliphatic carboxylic acids is 1. The van der Waals surface area contributed by atoms with Crippen molar-refractivity contribution in [2.24, 2.45) is 5.92 Å². The Morgan fingerprint density at radius 2 is 2.05 bits per heavy atom. The molecule has 0 spiro atoms. The number of carbonyl (C=O) groups excluding carboxylic acids is 1. The van der Waals surface area contributed by atoms with Crippen molar-refractivity contribution < 1.29 is 19.8 Å². The van der Waals surface area contributed by atoms with Crippen molar-refractivity contribution in [3.63, 3.8) is 0 Å². The maximum absolute atomic E-state index is 12.2. The van der Waals surface area contributed by atoms with Gasteiger partial charge in [0.2, 0.25) is 5.91 Å². The fourth-order valence-corrected chi connectivity index (χ4v) is 2.71. The highest BCUT2D eigenvalue weighted by molar-refractivity contribution is 5.84. The maximum Gasteiger partial charge on any atom is 0.326 e. The third-order valence-electron chi connectivity index (χ3n) is 3.87. The number of rotatable bonds is 4. The van der Waals surface area contributed by atoms with Crippen molar-refractivity contribution >= 4 is 11.9 Å². The van der Waals surface area contributed by atoms with Crippen LogP contribution in [0.2, 0.25) is 0 Å². The van der Waals surface area contributed by atoms with Crippen LogP contribution in [-0.4, -0.2) is 39.6 Å². The van der Waals surface area contributed by atoms with Crippen LogP contribution in [0.4, 0.5) is 0 Å². The molecule has 1 fully saturated rings. The molecule has 1 heterocycles. The number of aryl methyl sites for hydroxylation is 1. The lowest BCUT2D eigenvalue weighted by Gasteiger charge is -2.23. The summed E-state index contributed by atoms with van der Waals surface area (Å²) in [5.41, 5.74) is 0.708. The van der Waals surface area contributed by atoms with Gasteiger partial charge in [0.05, 0.1) is 0 Å². The molecule has 20 heavy (non-hydrogen) atoms. The number of amides is 1. The number of nitrogens with zero attached hydrogens (tertiary/aromatic N) is 1. The van der Waals surface area contributed by atoms with E-state index >= 15 is 0 Å². The molecule has 1 aromatic rings. The van der Waals surface area contributed by atoms with Crippen molar-refractivity contribution in [1.82, 2.24) is 4.90 Å². The molecule has 108 valence electrons. The van der Waals surface area contributed by atoms with Gasteiger partial charge in [0.1, 0.15) is 11.8 Å². The standard InChI is InChI=1S/C15H19NO4/c1-10-8-9-16(14(10)15(19)20)13(18)7-6-11-4-2-3-5-12(11)17/h2-5,10,14,17H,6-9H2,1H3,(H,19,20). The Labute approximate surface area is 117 Å². The minimum atomic E-state index is -0.939. The van der Waals surface area contributed by atoms with Gasteiger partial charge in [0.15, 0.2) is 0 Å². The van der Waals surface area contributed by atoms with Crippen molar-refractivity contribution in [3.8, 4) is 5.75 Å². The second-order valence-electron chi connectivity index (χ2n) is 5.26. The zero-order valence-corrected chi connectivity index (χ0v) is 11.5. The summed E-state index contributed by atoms with van der Waals surface area (Å²) in [5.74, 6) is -0.942. The number of carbonyl (C=O) groups is 2. The molecule has 2 atom stereocenters. The monoisotopic (exact) mass is 277 g/mol. The number of aromatic hydroxyl groups is 1. The molecule has 1 amide bonds. The molecule has 2 rings (SSSR count). The summed E-state index contributed by atoms with van der Waals surface area (Å²) in [4.78, 5) is 24.8. The molecule has 0 bridgehead atoms. The number of carboxylic acid groups (broad SMARTS) is 1. The topological polar surface area (TPSA) is 77.8 Å². The van der Waals surface area contributed by atoms with E-state index in [1.54, 1.807) is 24.3 Å². The lowest BCUT2D eigenvalue weighted by molar-refractivity contribution is -0.149. The van der Waals surface area contributed by atoms with Crippen LogP contribution in [0.15, 0.2) is 24.3 Å². The lowest BCUT2D eigenvalue weighted by Crippen LogP contribution is -2.42. The molecule has 1 aromatic carbocycles. The predicted molar refractivity (Wildman–Crippen MR) is 73.3 cm³/mol. The Hall–Kier alpha value is -2.04. The molecule has 5 nitrogen and oxygen atoms in total. The van der Waals surface area contributed by atoms with Crippen LogP contribution in [0.1, 0.15) is 25.3 Å².